The van der Waals surface area contributed by atoms with Crippen molar-refractivity contribution in [2.75, 3.05) is 4.90 Å². The van der Waals surface area contributed by atoms with Crippen molar-refractivity contribution in [3.63, 3.8) is 0 Å². The molecule has 10 aromatic rings. The maximum Gasteiger partial charge on any atom is 0.0709 e. The Bertz CT molecular complexity index is 2830. The molecule has 0 bridgehead atoms. The third-order valence-electron chi connectivity index (χ3n) is 10.8. The number of aromatic nitrogens is 1. The van der Waals surface area contributed by atoms with Crippen LogP contribution in [0.15, 0.2) is 231 Å². The zero-order valence-corrected chi connectivity index (χ0v) is 30.8. The van der Waals surface area contributed by atoms with E-state index in [1.54, 1.807) is 0 Å². The van der Waals surface area contributed by atoms with Gasteiger partial charge in [-0.1, -0.05) is 176 Å². The minimum absolute atomic E-state index is 1.08. The summed E-state index contributed by atoms with van der Waals surface area (Å²) < 4.78 is 2.46. The van der Waals surface area contributed by atoms with E-state index in [-0.39, 0.29) is 0 Å². The first-order valence-electron chi connectivity index (χ1n) is 19.2. The molecule has 0 amide bonds. The standard InChI is InChI=1S/C54H38N2/c1-5-15-39(16-6-1)43-25-31-47(32-26-43)55(48-33-27-44(28-34-48)40-17-7-2-8-18-40)53-36-30-46(42-21-11-4-12-22-42)38-54(53)56-51-24-14-13-23-49(51)50-37-45(29-35-52(50)56)41-19-9-3-10-20-41/h1-38H. The van der Waals surface area contributed by atoms with Gasteiger partial charge in [-0.3, -0.25) is 0 Å². The Morgan fingerprint density at radius 2 is 0.643 bits per heavy atom. The summed E-state index contributed by atoms with van der Waals surface area (Å²) in [5.74, 6) is 0. The van der Waals surface area contributed by atoms with Crippen molar-refractivity contribution in [1.29, 1.82) is 0 Å². The van der Waals surface area contributed by atoms with Gasteiger partial charge in [0.25, 0.3) is 0 Å². The smallest absolute Gasteiger partial charge is 0.0709 e. The number of anilines is 3. The van der Waals surface area contributed by atoms with E-state index < -0.39 is 0 Å². The second-order valence-corrected chi connectivity index (χ2v) is 14.2. The molecule has 0 aliphatic rings. The van der Waals surface area contributed by atoms with Gasteiger partial charge in [0, 0.05) is 22.1 Å². The molecule has 56 heavy (non-hydrogen) atoms. The molecule has 0 atom stereocenters. The van der Waals surface area contributed by atoms with Gasteiger partial charge in [0.2, 0.25) is 0 Å². The average Bonchev–Trinajstić information content (AvgIpc) is 3.62. The van der Waals surface area contributed by atoms with Crippen molar-refractivity contribution in [3.8, 4) is 50.2 Å². The molecule has 2 nitrogen and oxygen atoms in total. The van der Waals surface area contributed by atoms with Gasteiger partial charge >= 0.3 is 0 Å². The lowest BCUT2D eigenvalue weighted by molar-refractivity contribution is 1.15. The Balaban J connectivity index is 1.22. The summed E-state index contributed by atoms with van der Waals surface area (Å²) in [6.07, 6.45) is 0. The van der Waals surface area contributed by atoms with Crippen LogP contribution in [0.2, 0.25) is 0 Å². The van der Waals surface area contributed by atoms with Crippen molar-refractivity contribution in [2.24, 2.45) is 0 Å². The summed E-state index contributed by atoms with van der Waals surface area (Å²) in [5, 5.41) is 2.45. The predicted molar refractivity (Wildman–Crippen MR) is 237 cm³/mol. The molecule has 0 saturated carbocycles. The van der Waals surface area contributed by atoms with Gasteiger partial charge in [-0.05, 0) is 99.1 Å². The lowest BCUT2D eigenvalue weighted by atomic mass is 10.0. The van der Waals surface area contributed by atoms with Gasteiger partial charge in [0.1, 0.15) is 0 Å². The molecule has 0 N–H and O–H groups in total. The minimum atomic E-state index is 1.08. The highest BCUT2D eigenvalue weighted by molar-refractivity contribution is 6.11. The number of para-hydroxylation sites is 1. The van der Waals surface area contributed by atoms with E-state index in [1.165, 1.54) is 49.7 Å². The van der Waals surface area contributed by atoms with Gasteiger partial charge in [0.15, 0.2) is 0 Å². The molecule has 10 rings (SSSR count). The fourth-order valence-electron chi connectivity index (χ4n) is 8.04. The maximum absolute atomic E-state index is 2.46. The van der Waals surface area contributed by atoms with Crippen molar-refractivity contribution in [3.05, 3.63) is 231 Å². The number of benzene rings is 9. The van der Waals surface area contributed by atoms with Crippen LogP contribution in [-0.4, -0.2) is 4.57 Å². The normalized spacial score (nSPS) is 11.2. The molecular weight excluding hydrogens is 677 g/mol. The van der Waals surface area contributed by atoms with Crippen molar-refractivity contribution < 1.29 is 0 Å². The molecule has 0 spiro atoms. The Labute approximate surface area is 327 Å². The molecule has 1 heterocycles. The molecule has 0 saturated heterocycles. The van der Waals surface area contributed by atoms with Crippen LogP contribution in [0.25, 0.3) is 72.0 Å². The van der Waals surface area contributed by atoms with Crippen LogP contribution in [0.3, 0.4) is 0 Å². The number of hydrogen-bond donors (Lipinski definition) is 0. The highest BCUT2D eigenvalue weighted by atomic mass is 15.2. The van der Waals surface area contributed by atoms with Crippen molar-refractivity contribution >= 4 is 38.9 Å². The number of nitrogens with zero attached hydrogens (tertiary/aromatic N) is 2. The summed E-state index contributed by atoms with van der Waals surface area (Å²) in [7, 11) is 0. The monoisotopic (exact) mass is 714 g/mol. The molecular formula is C54H38N2. The first-order chi connectivity index (χ1) is 27.8. The van der Waals surface area contributed by atoms with E-state index in [4.69, 9.17) is 0 Å². The second-order valence-electron chi connectivity index (χ2n) is 14.2. The fourth-order valence-corrected chi connectivity index (χ4v) is 8.04. The molecule has 0 aliphatic carbocycles. The molecule has 264 valence electrons. The van der Waals surface area contributed by atoms with Crippen LogP contribution in [0.4, 0.5) is 17.1 Å². The average molecular weight is 715 g/mol. The highest BCUT2D eigenvalue weighted by Crippen LogP contribution is 2.44. The van der Waals surface area contributed by atoms with Gasteiger partial charge < -0.3 is 9.47 Å². The van der Waals surface area contributed by atoms with Crippen LogP contribution >= 0.6 is 0 Å². The van der Waals surface area contributed by atoms with Crippen molar-refractivity contribution in [2.45, 2.75) is 0 Å². The van der Waals surface area contributed by atoms with E-state index in [2.05, 4.69) is 240 Å². The van der Waals surface area contributed by atoms with Crippen LogP contribution in [0, 0.1) is 0 Å². The lowest BCUT2D eigenvalue weighted by Crippen LogP contribution is -2.13. The van der Waals surface area contributed by atoms with Gasteiger partial charge in [-0.15, -0.1) is 0 Å². The van der Waals surface area contributed by atoms with E-state index in [1.807, 2.05) is 0 Å². The minimum Gasteiger partial charge on any atom is -0.308 e. The topological polar surface area (TPSA) is 8.17 Å². The van der Waals surface area contributed by atoms with Crippen LogP contribution in [0.1, 0.15) is 0 Å². The quantitative estimate of drug-likeness (QED) is 0.152. The molecule has 0 radical (unpaired) electrons. The largest absolute Gasteiger partial charge is 0.308 e. The number of fused-ring (bicyclic) bond motifs is 3. The molecule has 0 aliphatic heterocycles. The van der Waals surface area contributed by atoms with Crippen LogP contribution in [-0.2, 0) is 0 Å². The van der Waals surface area contributed by atoms with Crippen LogP contribution in [0.5, 0.6) is 0 Å². The summed E-state index contributed by atoms with van der Waals surface area (Å²) in [6, 6.07) is 83.1. The van der Waals surface area contributed by atoms with Gasteiger partial charge in [0.05, 0.1) is 22.4 Å². The zero-order valence-electron chi connectivity index (χ0n) is 30.8. The van der Waals surface area contributed by atoms with Crippen molar-refractivity contribution in [1.82, 2.24) is 4.57 Å². The fraction of sp³-hybridized carbons (Fsp3) is 0. The summed E-state index contributed by atoms with van der Waals surface area (Å²) in [5.41, 5.74) is 16.2. The maximum atomic E-state index is 2.46. The molecule has 2 heteroatoms. The van der Waals surface area contributed by atoms with E-state index in [0.29, 0.717) is 0 Å². The first-order valence-corrected chi connectivity index (χ1v) is 19.2. The van der Waals surface area contributed by atoms with Gasteiger partial charge in [-0.25, -0.2) is 0 Å². The van der Waals surface area contributed by atoms with Crippen LogP contribution < -0.4 is 4.90 Å². The molecule has 0 unspecified atom stereocenters. The van der Waals surface area contributed by atoms with E-state index in [0.717, 1.165) is 39.3 Å². The van der Waals surface area contributed by atoms with E-state index >= 15 is 0 Å². The predicted octanol–water partition coefficient (Wildman–Crippen LogP) is 14.9. The summed E-state index contributed by atoms with van der Waals surface area (Å²) in [6.45, 7) is 0. The number of rotatable bonds is 8. The zero-order chi connectivity index (χ0) is 37.3. The first kappa shape index (κ1) is 33.2. The van der Waals surface area contributed by atoms with E-state index in [9.17, 15) is 0 Å². The Hall–Kier alpha value is -7.42. The second kappa shape index (κ2) is 14.4. The summed E-state index contributed by atoms with van der Waals surface area (Å²) in [4.78, 5) is 2.41. The Morgan fingerprint density at radius 1 is 0.268 bits per heavy atom. The molecule has 1 aromatic heterocycles. The third-order valence-corrected chi connectivity index (χ3v) is 10.8. The SMILES string of the molecule is c1ccc(-c2ccc(N(c3ccc(-c4ccccc4)cc3)c3ccc(-c4ccccc4)cc3-n3c4ccccc4c4cc(-c5ccccc5)ccc43)cc2)cc1. The van der Waals surface area contributed by atoms with Gasteiger partial charge in [-0.2, -0.15) is 0 Å². The molecule has 0 fully saturated rings. The summed E-state index contributed by atoms with van der Waals surface area (Å²) >= 11 is 0. The molecule has 9 aromatic carbocycles. The Kier molecular flexibility index (Phi) is 8.55. The third kappa shape index (κ3) is 6.14. The lowest BCUT2D eigenvalue weighted by Gasteiger charge is -2.29. The highest BCUT2D eigenvalue weighted by Gasteiger charge is 2.22. The Morgan fingerprint density at radius 3 is 1.16 bits per heavy atom. The number of hydrogen-bond acceptors (Lipinski definition) is 1.